The summed E-state index contributed by atoms with van der Waals surface area (Å²) in [6.07, 6.45) is 0. The van der Waals surface area contributed by atoms with Gasteiger partial charge < -0.3 is 5.32 Å². The predicted octanol–water partition coefficient (Wildman–Crippen LogP) is 3.83. The molecule has 0 unspecified atom stereocenters. The summed E-state index contributed by atoms with van der Waals surface area (Å²) in [5.41, 5.74) is 1.65. The molecule has 0 heterocycles. The molecule has 0 aromatic heterocycles. The molecule has 1 N–H and O–H groups in total. The first-order chi connectivity index (χ1) is 8.66. The van der Waals surface area contributed by atoms with Crippen LogP contribution in [0.15, 0.2) is 54.6 Å². The number of hydrogen-bond donors (Lipinski definition) is 1. The third-order valence-electron chi connectivity index (χ3n) is 2.73. The van der Waals surface area contributed by atoms with E-state index in [1.165, 1.54) is 0 Å². The Labute approximate surface area is 112 Å². The molecule has 2 rings (SSSR count). The molecule has 3 heteroatoms. The van der Waals surface area contributed by atoms with Gasteiger partial charge in [0.2, 0.25) is 0 Å². The maximum atomic E-state index is 12.0. The quantitative estimate of drug-likeness (QED) is 0.892. The number of nitrogens with one attached hydrogen (secondary N) is 1. The second-order valence-electron chi connectivity index (χ2n) is 4.12. The monoisotopic (exact) mass is 259 g/mol. The molecular formula is C15H14ClNO. The van der Waals surface area contributed by atoms with Gasteiger partial charge in [0.05, 0.1) is 6.04 Å². The fraction of sp³-hybridized carbons (Fsp3) is 0.133. The summed E-state index contributed by atoms with van der Waals surface area (Å²) in [5, 5.41) is 3.51. The summed E-state index contributed by atoms with van der Waals surface area (Å²) < 4.78 is 0. The zero-order valence-electron chi connectivity index (χ0n) is 10.1. The van der Waals surface area contributed by atoms with Gasteiger partial charge in [0.25, 0.3) is 5.91 Å². The SMILES string of the molecule is C[C@@H](NC(=O)c1cccc(Cl)c1)c1ccccc1. The Morgan fingerprint density at radius 2 is 1.83 bits per heavy atom. The van der Waals surface area contributed by atoms with Gasteiger partial charge in [-0.2, -0.15) is 0 Å². The Bertz CT molecular complexity index is 539. The van der Waals surface area contributed by atoms with E-state index in [0.29, 0.717) is 10.6 Å². The molecule has 0 aliphatic heterocycles. The number of rotatable bonds is 3. The maximum Gasteiger partial charge on any atom is 0.251 e. The minimum Gasteiger partial charge on any atom is -0.346 e. The highest BCUT2D eigenvalue weighted by molar-refractivity contribution is 6.30. The minimum atomic E-state index is -0.117. The van der Waals surface area contributed by atoms with E-state index in [1.807, 2.05) is 37.3 Å². The largest absolute Gasteiger partial charge is 0.346 e. The van der Waals surface area contributed by atoms with Crippen molar-refractivity contribution >= 4 is 17.5 Å². The van der Waals surface area contributed by atoms with Crippen LogP contribution in [0.1, 0.15) is 28.9 Å². The third kappa shape index (κ3) is 3.11. The summed E-state index contributed by atoms with van der Waals surface area (Å²) >= 11 is 5.86. The molecule has 0 bridgehead atoms. The number of halogens is 1. The lowest BCUT2D eigenvalue weighted by Gasteiger charge is -2.14. The van der Waals surface area contributed by atoms with Crippen LogP contribution in [0, 0.1) is 0 Å². The van der Waals surface area contributed by atoms with E-state index in [9.17, 15) is 4.79 Å². The number of carbonyl (C=O) groups excluding carboxylic acids is 1. The van der Waals surface area contributed by atoms with Gasteiger partial charge in [-0.25, -0.2) is 0 Å². The highest BCUT2D eigenvalue weighted by atomic mass is 35.5. The van der Waals surface area contributed by atoms with Crippen molar-refractivity contribution in [2.45, 2.75) is 13.0 Å². The minimum absolute atomic E-state index is 0.0299. The van der Waals surface area contributed by atoms with Gasteiger partial charge in [-0.15, -0.1) is 0 Å². The molecule has 2 aromatic carbocycles. The van der Waals surface area contributed by atoms with Crippen LogP contribution in [-0.2, 0) is 0 Å². The lowest BCUT2D eigenvalue weighted by atomic mass is 10.1. The molecule has 0 aliphatic carbocycles. The van der Waals surface area contributed by atoms with E-state index in [1.54, 1.807) is 24.3 Å². The van der Waals surface area contributed by atoms with Crippen LogP contribution < -0.4 is 5.32 Å². The van der Waals surface area contributed by atoms with E-state index < -0.39 is 0 Å². The van der Waals surface area contributed by atoms with Crippen LogP contribution in [0.25, 0.3) is 0 Å². The number of amides is 1. The molecule has 18 heavy (non-hydrogen) atoms. The molecule has 0 spiro atoms. The molecule has 2 nitrogen and oxygen atoms in total. The van der Waals surface area contributed by atoms with E-state index in [4.69, 9.17) is 11.6 Å². The molecule has 92 valence electrons. The van der Waals surface area contributed by atoms with Crippen LogP contribution in [0.3, 0.4) is 0 Å². The highest BCUT2D eigenvalue weighted by Gasteiger charge is 2.11. The molecule has 1 atom stereocenters. The summed E-state index contributed by atoms with van der Waals surface area (Å²) in [6.45, 7) is 1.96. The molecular weight excluding hydrogens is 246 g/mol. The topological polar surface area (TPSA) is 29.1 Å². The zero-order valence-corrected chi connectivity index (χ0v) is 10.8. The van der Waals surface area contributed by atoms with Gasteiger partial charge in [-0.1, -0.05) is 48.0 Å². The smallest absolute Gasteiger partial charge is 0.251 e. The first kappa shape index (κ1) is 12.7. The van der Waals surface area contributed by atoms with E-state index in [0.717, 1.165) is 5.56 Å². The standard InChI is InChI=1S/C15H14ClNO/c1-11(12-6-3-2-4-7-12)17-15(18)13-8-5-9-14(16)10-13/h2-11H,1H3,(H,17,18)/t11-/m1/s1. The van der Waals surface area contributed by atoms with Crippen molar-refractivity contribution in [2.75, 3.05) is 0 Å². The molecule has 2 aromatic rings. The Hall–Kier alpha value is -1.80. The fourth-order valence-electron chi connectivity index (χ4n) is 1.73. The average Bonchev–Trinajstić information content (AvgIpc) is 2.39. The third-order valence-corrected chi connectivity index (χ3v) is 2.97. The lowest BCUT2D eigenvalue weighted by Crippen LogP contribution is -2.26. The highest BCUT2D eigenvalue weighted by Crippen LogP contribution is 2.14. The number of carbonyl (C=O) groups is 1. The first-order valence-electron chi connectivity index (χ1n) is 5.78. The molecule has 0 radical (unpaired) electrons. The summed E-state index contributed by atoms with van der Waals surface area (Å²) in [6, 6.07) is 16.7. The number of benzene rings is 2. The zero-order chi connectivity index (χ0) is 13.0. The summed E-state index contributed by atoms with van der Waals surface area (Å²) in [4.78, 5) is 12.0. The molecule has 0 saturated heterocycles. The van der Waals surface area contributed by atoms with E-state index in [-0.39, 0.29) is 11.9 Å². The molecule has 0 saturated carbocycles. The van der Waals surface area contributed by atoms with Crippen LogP contribution >= 0.6 is 11.6 Å². The second kappa shape index (κ2) is 5.69. The van der Waals surface area contributed by atoms with Crippen molar-refractivity contribution in [3.63, 3.8) is 0 Å². The van der Waals surface area contributed by atoms with Crippen molar-refractivity contribution in [1.82, 2.24) is 5.32 Å². The van der Waals surface area contributed by atoms with Crippen molar-refractivity contribution in [1.29, 1.82) is 0 Å². The molecule has 0 aliphatic rings. The maximum absolute atomic E-state index is 12.0. The van der Waals surface area contributed by atoms with E-state index in [2.05, 4.69) is 5.32 Å². The van der Waals surface area contributed by atoms with Gasteiger partial charge in [-0.3, -0.25) is 4.79 Å². The van der Waals surface area contributed by atoms with Gasteiger partial charge in [0, 0.05) is 10.6 Å². The first-order valence-corrected chi connectivity index (χ1v) is 6.16. The van der Waals surface area contributed by atoms with Gasteiger partial charge in [-0.05, 0) is 30.7 Å². The van der Waals surface area contributed by atoms with Gasteiger partial charge in [0.15, 0.2) is 0 Å². The summed E-state index contributed by atoms with van der Waals surface area (Å²) in [5.74, 6) is -0.117. The van der Waals surface area contributed by atoms with E-state index >= 15 is 0 Å². The van der Waals surface area contributed by atoms with Gasteiger partial charge in [0.1, 0.15) is 0 Å². The van der Waals surface area contributed by atoms with Crippen LogP contribution in [0.2, 0.25) is 5.02 Å². The summed E-state index contributed by atoms with van der Waals surface area (Å²) in [7, 11) is 0. The van der Waals surface area contributed by atoms with Crippen molar-refractivity contribution in [3.05, 3.63) is 70.7 Å². The Kier molecular flexibility index (Phi) is 4.00. The van der Waals surface area contributed by atoms with Crippen molar-refractivity contribution in [2.24, 2.45) is 0 Å². The van der Waals surface area contributed by atoms with Crippen LogP contribution in [0.5, 0.6) is 0 Å². The number of hydrogen-bond acceptors (Lipinski definition) is 1. The predicted molar refractivity (Wildman–Crippen MR) is 73.8 cm³/mol. The van der Waals surface area contributed by atoms with Crippen molar-refractivity contribution < 1.29 is 4.79 Å². The normalized spacial score (nSPS) is 11.9. The Morgan fingerprint density at radius 3 is 2.50 bits per heavy atom. The molecule has 0 fully saturated rings. The van der Waals surface area contributed by atoms with Gasteiger partial charge >= 0.3 is 0 Å². The second-order valence-corrected chi connectivity index (χ2v) is 4.55. The lowest BCUT2D eigenvalue weighted by molar-refractivity contribution is 0.0940. The van der Waals surface area contributed by atoms with Crippen LogP contribution in [-0.4, -0.2) is 5.91 Å². The average molecular weight is 260 g/mol. The van der Waals surface area contributed by atoms with Crippen LogP contribution in [0.4, 0.5) is 0 Å². The van der Waals surface area contributed by atoms with Crippen molar-refractivity contribution in [3.8, 4) is 0 Å². The Morgan fingerprint density at radius 1 is 1.11 bits per heavy atom. The molecule has 1 amide bonds. The Balaban J connectivity index is 2.08. The fourth-order valence-corrected chi connectivity index (χ4v) is 1.93.